The Balaban J connectivity index is 2.27. The summed E-state index contributed by atoms with van der Waals surface area (Å²) in [7, 11) is 4.22. The van der Waals surface area contributed by atoms with Crippen LogP contribution >= 0.6 is 0 Å². The van der Waals surface area contributed by atoms with Gasteiger partial charge < -0.3 is 5.32 Å². The molecule has 0 unspecified atom stereocenters. The molecule has 15 heavy (non-hydrogen) atoms. The van der Waals surface area contributed by atoms with E-state index in [-0.39, 0.29) is 0 Å². The van der Waals surface area contributed by atoms with Crippen molar-refractivity contribution in [2.75, 3.05) is 27.2 Å². The second-order valence-corrected chi connectivity index (χ2v) is 5.11. The number of likely N-dealkylation sites (N-methyl/N-ethyl adjacent to an activating group) is 2. The lowest BCUT2D eigenvalue weighted by Gasteiger charge is -2.34. The van der Waals surface area contributed by atoms with Crippen LogP contribution in [0.2, 0.25) is 0 Å². The topological polar surface area (TPSA) is 15.3 Å². The minimum absolute atomic E-state index is 0.787. The molecule has 2 heteroatoms. The van der Waals surface area contributed by atoms with Gasteiger partial charge in [0.05, 0.1) is 0 Å². The van der Waals surface area contributed by atoms with Crippen LogP contribution in [0, 0.1) is 5.92 Å². The standard InChI is InChI=1S/C13H26N2/c1-11-5-7-13(8-6-11)15(4)10-12(2)9-14-3/h11,13-14H,2,5-10H2,1,3-4H3. The van der Waals surface area contributed by atoms with E-state index >= 15 is 0 Å². The van der Waals surface area contributed by atoms with Crippen LogP contribution in [0.1, 0.15) is 32.6 Å². The van der Waals surface area contributed by atoms with E-state index in [0.717, 1.165) is 25.0 Å². The third-order valence-corrected chi connectivity index (χ3v) is 3.51. The first-order valence-electron chi connectivity index (χ1n) is 6.15. The molecule has 1 aliphatic carbocycles. The number of hydrogen-bond donors (Lipinski definition) is 1. The minimum atomic E-state index is 0.787. The Kier molecular flexibility index (Phi) is 5.34. The van der Waals surface area contributed by atoms with Crippen molar-refractivity contribution in [1.82, 2.24) is 10.2 Å². The van der Waals surface area contributed by atoms with Gasteiger partial charge in [0.25, 0.3) is 0 Å². The van der Waals surface area contributed by atoms with Gasteiger partial charge in [0, 0.05) is 19.1 Å². The van der Waals surface area contributed by atoms with Gasteiger partial charge in [0.1, 0.15) is 0 Å². The van der Waals surface area contributed by atoms with Crippen LogP contribution in [0.4, 0.5) is 0 Å². The molecule has 0 radical (unpaired) electrons. The van der Waals surface area contributed by atoms with E-state index in [1.54, 1.807) is 0 Å². The number of hydrogen-bond acceptors (Lipinski definition) is 2. The summed E-state index contributed by atoms with van der Waals surface area (Å²) >= 11 is 0. The largest absolute Gasteiger partial charge is 0.316 e. The Hall–Kier alpha value is -0.340. The lowest BCUT2D eigenvalue weighted by atomic mass is 9.86. The molecule has 1 aliphatic rings. The minimum Gasteiger partial charge on any atom is -0.316 e. The van der Waals surface area contributed by atoms with Crippen molar-refractivity contribution >= 4 is 0 Å². The summed E-state index contributed by atoms with van der Waals surface area (Å²) in [6, 6.07) is 0.787. The van der Waals surface area contributed by atoms with Gasteiger partial charge in [-0.05, 0) is 51.3 Å². The third kappa shape index (κ3) is 4.35. The lowest BCUT2D eigenvalue weighted by Crippen LogP contribution is -2.37. The molecule has 0 aromatic carbocycles. The zero-order chi connectivity index (χ0) is 11.3. The van der Waals surface area contributed by atoms with Crippen LogP contribution in [0.5, 0.6) is 0 Å². The zero-order valence-electron chi connectivity index (χ0n) is 10.6. The molecule has 0 aliphatic heterocycles. The van der Waals surface area contributed by atoms with Gasteiger partial charge in [-0.1, -0.05) is 13.5 Å². The van der Waals surface area contributed by atoms with Crippen molar-refractivity contribution < 1.29 is 0 Å². The fraction of sp³-hybridized carbons (Fsp3) is 0.846. The predicted octanol–water partition coefficient (Wildman–Crippen LogP) is 2.27. The number of nitrogens with zero attached hydrogens (tertiary/aromatic N) is 1. The van der Waals surface area contributed by atoms with Gasteiger partial charge in [-0.15, -0.1) is 0 Å². The van der Waals surface area contributed by atoms with Crippen molar-refractivity contribution in [2.24, 2.45) is 5.92 Å². The van der Waals surface area contributed by atoms with Crippen molar-refractivity contribution in [2.45, 2.75) is 38.6 Å². The molecule has 0 amide bonds. The maximum absolute atomic E-state index is 4.09. The summed E-state index contributed by atoms with van der Waals surface area (Å²) in [5.41, 5.74) is 1.29. The zero-order valence-corrected chi connectivity index (χ0v) is 10.6. The Labute approximate surface area is 94.7 Å². The summed E-state index contributed by atoms with van der Waals surface area (Å²) in [5, 5.41) is 3.16. The maximum Gasteiger partial charge on any atom is 0.0202 e. The molecule has 1 rings (SSSR count). The summed E-state index contributed by atoms with van der Waals surface area (Å²) in [6.45, 7) is 8.44. The van der Waals surface area contributed by atoms with Crippen molar-refractivity contribution in [1.29, 1.82) is 0 Å². The third-order valence-electron chi connectivity index (χ3n) is 3.51. The molecule has 1 fully saturated rings. The van der Waals surface area contributed by atoms with Crippen LogP contribution in [-0.2, 0) is 0 Å². The predicted molar refractivity (Wildman–Crippen MR) is 67.1 cm³/mol. The highest BCUT2D eigenvalue weighted by atomic mass is 15.1. The monoisotopic (exact) mass is 210 g/mol. The molecule has 0 aromatic heterocycles. The van der Waals surface area contributed by atoms with Gasteiger partial charge in [-0.25, -0.2) is 0 Å². The van der Waals surface area contributed by atoms with Gasteiger partial charge in [0.15, 0.2) is 0 Å². The molecule has 1 N–H and O–H groups in total. The van der Waals surface area contributed by atoms with E-state index in [4.69, 9.17) is 0 Å². The highest BCUT2D eigenvalue weighted by molar-refractivity contribution is 5.00. The highest BCUT2D eigenvalue weighted by Crippen LogP contribution is 2.26. The van der Waals surface area contributed by atoms with Crippen LogP contribution < -0.4 is 5.32 Å². The molecule has 0 heterocycles. The van der Waals surface area contributed by atoms with E-state index in [0.29, 0.717) is 0 Å². The molecular weight excluding hydrogens is 184 g/mol. The van der Waals surface area contributed by atoms with Crippen molar-refractivity contribution in [3.05, 3.63) is 12.2 Å². The van der Waals surface area contributed by atoms with Crippen LogP contribution in [0.25, 0.3) is 0 Å². The Bertz CT molecular complexity index is 193. The Morgan fingerprint density at radius 2 is 1.93 bits per heavy atom. The fourth-order valence-corrected chi connectivity index (χ4v) is 2.47. The molecule has 0 bridgehead atoms. The van der Waals surface area contributed by atoms with Gasteiger partial charge in [-0.2, -0.15) is 0 Å². The Morgan fingerprint density at radius 3 is 2.47 bits per heavy atom. The van der Waals surface area contributed by atoms with E-state index in [1.807, 2.05) is 7.05 Å². The summed E-state index contributed by atoms with van der Waals surface area (Å²) in [6.07, 6.45) is 5.52. The second-order valence-electron chi connectivity index (χ2n) is 5.11. The second kappa shape index (κ2) is 6.29. The first kappa shape index (κ1) is 12.7. The van der Waals surface area contributed by atoms with E-state index in [2.05, 4.69) is 30.8 Å². The maximum atomic E-state index is 4.09. The Morgan fingerprint density at radius 1 is 1.33 bits per heavy atom. The number of rotatable bonds is 5. The molecular formula is C13H26N2. The van der Waals surface area contributed by atoms with Crippen LogP contribution in [-0.4, -0.2) is 38.1 Å². The van der Waals surface area contributed by atoms with E-state index in [1.165, 1.54) is 31.3 Å². The molecule has 0 spiro atoms. The first-order chi connectivity index (χ1) is 7.13. The average molecular weight is 210 g/mol. The molecule has 0 aromatic rings. The van der Waals surface area contributed by atoms with Crippen LogP contribution in [0.3, 0.4) is 0 Å². The van der Waals surface area contributed by atoms with Crippen molar-refractivity contribution in [3.8, 4) is 0 Å². The molecule has 88 valence electrons. The molecule has 1 saturated carbocycles. The van der Waals surface area contributed by atoms with E-state index in [9.17, 15) is 0 Å². The lowest BCUT2D eigenvalue weighted by molar-refractivity contribution is 0.181. The average Bonchev–Trinajstić information content (AvgIpc) is 2.18. The summed E-state index contributed by atoms with van der Waals surface area (Å²) in [4.78, 5) is 2.48. The quantitative estimate of drug-likeness (QED) is 0.700. The smallest absolute Gasteiger partial charge is 0.0202 e. The molecule has 2 nitrogen and oxygen atoms in total. The van der Waals surface area contributed by atoms with Gasteiger partial charge >= 0.3 is 0 Å². The SMILES string of the molecule is C=C(CNC)CN(C)C1CCC(C)CC1. The molecule has 0 atom stereocenters. The van der Waals surface area contributed by atoms with Gasteiger partial charge in [0.2, 0.25) is 0 Å². The van der Waals surface area contributed by atoms with E-state index < -0.39 is 0 Å². The molecule has 0 saturated heterocycles. The normalized spacial score (nSPS) is 26.9. The highest BCUT2D eigenvalue weighted by Gasteiger charge is 2.21. The van der Waals surface area contributed by atoms with Gasteiger partial charge in [-0.3, -0.25) is 4.90 Å². The fourth-order valence-electron chi connectivity index (χ4n) is 2.47. The van der Waals surface area contributed by atoms with Crippen LogP contribution in [0.15, 0.2) is 12.2 Å². The van der Waals surface area contributed by atoms with Crippen molar-refractivity contribution in [3.63, 3.8) is 0 Å². The summed E-state index contributed by atoms with van der Waals surface area (Å²) < 4.78 is 0. The first-order valence-corrected chi connectivity index (χ1v) is 6.15. The number of nitrogens with one attached hydrogen (secondary N) is 1. The summed E-state index contributed by atoms with van der Waals surface area (Å²) in [5.74, 6) is 0.940.